The van der Waals surface area contributed by atoms with Crippen molar-refractivity contribution in [3.63, 3.8) is 0 Å². The molecule has 0 radical (unpaired) electrons. The molecule has 1 saturated heterocycles. The average Bonchev–Trinajstić information content (AvgIpc) is 1.94. The Bertz CT molecular complexity index is 164. The molecule has 0 spiro atoms. The summed E-state index contributed by atoms with van der Waals surface area (Å²) < 4.78 is 0. The van der Waals surface area contributed by atoms with Crippen molar-refractivity contribution in [1.29, 1.82) is 0 Å². The summed E-state index contributed by atoms with van der Waals surface area (Å²) in [6.07, 6.45) is 0. The van der Waals surface area contributed by atoms with Gasteiger partial charge in [0.25, 0.3) is 0 Å². The SMILES string of the molecule is CC(C)[C@@H](C)C(=O)NC1CNC1. The van der Waals surface area contributed by atoms with Gasteiger partial charge in [0.1, 0.15) is 0 Å². The molecule has 1 aliphatic rings. The van der Waals surface area contributed by atoms with E-state index in [2.05, 4.69) is 24.5 Å². The third kappa shape index (κ3) is 2.21. The number of hydrogen-bond acceptors (Lipinski definition) is 2. The van der Waals surface area contributed by atoms with Crippen LogP contribution in [0.4, 0.5) is 0 Å². The molecule has 0 bridgehead atoms. The van der Waals surface area contributed by atoms with Gasteiger partial charge in [-0.2, -0.15) is 0 Å². The van der Waals surface area contributed by atoms with Crippen LogP contribution in [0.15, 0.2) is 0 Å². The van der Waals surface area contributed by atoms with Crippen LogP contribution in [0.3, 0.4) is 0 Å². The summed E-state index contributed by atoms with van der Waals surface area (Å²) in [6, 6.07) is 0.374. The fourth-order valence-electron chi connectivity index (χ4n) is 1.03. The summed E-state index contributed by atoms with van der Waals surface area (Å²) in [4.78, 5) is 11.4. The Labute approximate surface area is 73.9 Å². The number of rotatable bonds is 3. The van der Waals surface area contributed by atoms with E-state index in [1.165, 1.54) is 0 Å². The van der Waals surface area contributed by atoms with E-state index in [9.17, 15) is 4.79 Å². The van der Waals surface area contributed by atoms with Crippen LogP contribution in [0.1, 0.15) is 20.8 Å². The van der Waals surface area contributed by atoms with Crippen LogP contribution in [0.25, 0.3) is 0 Å². The molecule has 1 amide bonds. The Morgan fingerprint density at radius 3 is 2.33 bits per heavy atom. The Balaban J connectivity index is 2.26. The fraction of sp³-hybridized carbons (Fsp3) is 0.889. The lowest BCUT2D eigenvalue weighted by Gasteiger charge is -2.29. The molecule has 0 saturated carbocycles. The first-order valence-electron chi connectivity index (χ1n) is 4.62. The second kappa shape index (κ2) is 3.90. The van der Waals surface area contributed by atoms with E-state index in [0.29, 0.717) is 12.0 Å². The quantitative estimate of drug-likeness (QED) is 0.642. The van der Waals surface area contributed by atoms with Crippen molar-refractivity contribution in [2.24, 2.45) is 11.8 Å². The minimum atomic E-state index is 0.130. The molecule has 3 nitrogen and oxygen atoms in total. The highest BCUT2D eigenvalue weighted by Gasteiger charge is 2.23. The molecular weight excluding hydrogens is 152 g/mol. The summed E-state index contributed by atoms with van der Waals surface area (Å²) >= 11 is 0. The highest BCUT2D eigenvalue weighted by molar-refractivity contribution is 5.78. The highest BCUT2D eigenvalue weighted by Crippen LogP contribution is 2.09. The van der Waals surface area contributed by atoms with Gasteiger partial charge in [0.15, 0.2) is 0 Å². The lowest BCUT2D eigenvalue weighted by atomic mass is 9.96. The van der Waals surface area contributed by atoms with Gasteiger partial charge < -0.3 is 10.6 Å². The van der Waals surface area contributed by atoms with Crippen LogP contribution >= 0.6 is 0 Å². The Kier molecular flexibility index (Phi) is 3.09. The van der Waals surface area contributed by atoms with Crippen molar-refractivity contribution >= 4 is 5.91 Å². The first kappa shape index (κ1) is 9.52. The lowest BCUT2D eigenvalue weighted by molar-refractivity contribution is -0.126. The molecule has 3 heteroatoms. The first-order valence-corrected chi connectivity index (χ1v) is 4.62. The zero-order valence-electron chi connectivity index (χ0n) is 8.05. The van der Waals surface area contributed by atoms with Crippen molar-refractivity contribution in [3.05, 3.63) is 0 Å². The molecule has 0 aromatic heterocycles. The Hall–Kier alpha value is -0.570. The van der Waals surface area contributed by atoms with E-state index in [4.69, 9.17) is 0 Å². The van der Waals surface area contributed by atoms with E-state index in [1.54, 1.807) is 0 Å². The van der Waals surface area contributed by atoms with Gasteiger partial charge in [-0.25, -0.2) is 0 Å². The van der Waals surface area contributed by atoms with Gasteiger partial charge in [-0.1, -0.05) is 20.8 Å². The summed E-state index contributed by atoms with van der Waals surface area (Å²) in [7, 11) is 0. The normalized spacial score (nSPS) is 20.3. The zero-order valence-corrected chi connectivity index (χ0v) is 8.05. The van der Waals surface area contributed by atoms with Gasteiger partial charge in [0.05, 0.1) is 6.04 Å². The molecule has 1 rings (SSSR count). The number of hydrogen-bond donors (Lipinski definition) is 2. The summed E-state index contributed by atoms with van der Waals surface area (Å²) in [5.41, 5.74) is 0. The monoisotopic (exact) mass is 170 g/mol. The topological polar surface area (TPSA) is 41.1 Å². The molecule has 2 N–H and O–H groups in total. The predicted molar refractivity (Wildman–Crippen MR) is 48.8 cm³/mol. The number of carbonyl (C=O) groups excluding carboxylic acids is 1. The van der Waals surface area contributed by atoms with Gasteiger partial charge in [0.2, 0.25) is 5.91 Å². The molecule has 1 fully saturated rings. The molecule has 70 valence electrons. The minimum Gasteiger partial charge on any atom is -0.351 e. The van der Waals surface area contributed by atoms with E-state index < -0.39 is 0 Å². The molecule has 0 unspecified atom stereocenters. The molecule has 12 heavy (non-hydrogen) atoms. The van der Waals surface area contributed by atoms with Gasteiger partial charge in [-0.15, -0.1) is 0 Å². The molecule has 1 aliphatic heterocycles. The van der Waals surface area contributed by atoms with Gasteiger partial charge in [0, 0.05) is 19.0 Å². The van der Waals surface area contributed by atoms with Gasteiger partial charge >= 0.3 is 0 Å². The predicted octanol–water partition coefficient (Wildman–Crippen LogP) is 0.366. The van der Waals surface area contributed by atoms with Crippen LogP contribution < -0.4 is 10.6 Å². The van der Waals surface area contributed by atoms with E-state index in [1.807, 2.05) is 6.92 Å². The van der Waals surface area contributed by atoms with Crippen LogP contribution in [0.5, 0.6) is 0 Å². The smallest absolute Gasteiger partial charge is 0.223 e. The number of carbonyl (C=O) groups is 1. The van der Waals surface area contributed by atoms with Crippen LogP contribution in [0, 0.1) is 11.8 Å². The fourth-order valence-corrected chi connectivity index (χ4v) is 1.03. The first-order chi connectivity index (χ1) is 5.61. The maximum Gasteiger partial charge on any atom is 0.223 e. The molecule has 0 aliphatic carbocycles. The molecule has 1 heterocycles. The number of nitrogens with one attached hydrogen (secondary N) is 2. The van der Waals surface area contributed by atoms with Crippen molar-refractivity contribution in [3.8, 4) is 0 Å². The summed E-state index contributed by atoms with van der Waals surface area (Å²) in [5.74, 6) is 0.750. The lowest BCUT2D eigenvalue weighted by Crippen LogP contribution is -2.58. The standard InChI is InChI=1S/C9H18N2O/c1-6(2)7(3)9(12)11-8-4-10-5-8/h6-8,10H,4-5H2,1-3H3,(H,11,12)/t7-/m1/s1. The second-order valence-electron chi connectivity index (χ2n) is 3.90. The average molecular weight is 170 g/mol. The van der Waals surface area contributed by atoms with E-state index in [-0.39, 0.29) is 11.8 Å². The Morgan fingerprint density at radius 2 is 2.00 bits per heavy atom. The van der Waals surface area contributed by atoms with E-state index in [0.717, 1.165) is 13.1 Å². The van der Waals surface area contributed by atoms with E-state index >= 15 is 0 Å². The molecule has 1 atom stereocenters. The maximum absolute atomic E-state index is 11.4. The van der Waals surface area contributed by atoms with Crippen molar-refractivity contribution in [2.75, 3.05) is 13.1 Å². The van der Waals surface area contributed by atoms with Gasteiger partial charge in [-0.3, -0.25) is 4.79 Å². The summed E-state index contributed by atoms with van der Waals surface area (Å²) in [6.45, 7) is 7.98. The third-order valence-electron chi connectivity index (χ3n) is 2.54. The van der Waals surface area contributed by atoms with Crippen molar-refractivity contribution in [1.82, 2.24) is 10.6 Å². The summed E-state index contributed by atoms with van der Waals surface area (Å²) in [5, 5.41) is 6.12. The number of amides is 1. The molecule has 0 aromatic carbocycles. The van der Waals surface area contributed by atoms with Crippen molar-refractivity contribution < 1.29 is 4.79 Å². The zero-order chi connectivity index (χ0) is 9.14. The molecule has 0 aromatic rings. The van der Waals surface area contributed by atoms with Crippen molar-refractivity contribution in [2.45, 2.75) is 26.8 Å². The van der Waals surface area contributed by atoms with Crippen LogP contribution in [0.2, 0.25) is 0 Å². The maximum atomic E-state index is 11.4. The van der Waals surface area contributed by atoms with Crippen LogP contribution in [-0.2, 0) is 4.79 Å². The van der Waals surface area contributed by atoms with Crippen LogP contribution in [-0.4, -0.2) is 25.0 Å². The second-order valence-corrected chi connectivity index (χ2v) is 3.90. The van der Waals surface area contributed by atoms with Gasteiger partial charge in [-0.05, 0) is 5.92 Å². The Morgan fingerprint density at radius 1 is 1.42 bits per heavy atom. The molecular formula is C9H18N2O. The third-order valence-corrected chi connectivity index (χ3v) is 2.54. The largest absolute Gasteiger partial charge is 0.351 e. The minimum absolute atomic E-state index is 0.130. The highest BCUT2D eigenvalue weighted by atomic mass is 16.2.